The molecule has 0 atom stereocenters. The van der Waals surface area contributed by atoms with E-state index in [2.05, 4.69) is 12.2 Å². The third-order valence-electron chi connectivity index (χ3n) is 5.63. The van der Waals surface area contributed by atoms with Gasteiger partial charge in [0.2, 0.25) is 0 Å². The first-order valence-electron chi connectivity index (χ1n) is 9.41. The SMILES string of the molecule is C/C=C/CCC1CCC(c2ccc3c(F)c(C(F)(F)F)c(F)cc3c2)CC1. The van der Waals surface area contributed by atoms with Crippen LogP contribution < -0.4 is 0 Å². The monoisotopic (exact) mass is 382 g/mol. The molecule has 0 amide bonds. The molecule has 3 rings (SSSR count). The predicted molar refractivity (Wildman–Crippen MR) is 97.6 cm³/mol. The minimum absolute atomic E-state index is 0.186. The van der Waals surface area contributed by atoms with E-state index in [0.29, 0.717) is 11.8 Å². The van der Waals surface area contributed by atoms with E-state index in [4.69, 9.17) is 0 Å². The van der Waals surface area contributed by atoms with Crippen molar-refractivity contribution in [2.24, 2.45) is 5.92 Å². The molecule has 0 radical (unpaired) electrons. The number of halogens is 5. The van der Waals surface area contributed by atoms with Gasteiger partial charge in [0, 0.05) is 5.39 Å². The molecule has 0 unspecified atom stereocenters. The van der Waals surface area contributed by atoms with Gasteiger partial charge in [-0.1, -0.05) is 30.4 Å². The fourth-order valence-corrected chi connectivity index (χ4v) is 4.15. The minimum atomic E-state index is -5.05. The van der Waals surface area contributed by atoms with E-state index in [-0.39, 0.29) is 10.8 Å². The second kappa shape index (κ2) is 7.99. The predicted octanol–water partition coefficient (Wildman–Crippen LogP) is 7.77. The zero-order valence-corrected chi connectivity index (χ0v) is 15.3. The molecule has 1 fully saturated rings. The summed E-state index contributed by atoms with van der Waals surface area (Å²) in [6, 6.07) is 5.49. The van der Waals surface area contributed by atoms with Crippen LogP contribution >= 0.6 is 0 Å². The Labute approximate surface area is 156 Å². The van der Waals surface area contributed by atoms with Crippen molar-refractivity contribution in [3.05, 3.63) is 59.2 Å². The van der Waals surface area contributed by atoms with Crippen molar-refractivity contribution in [2.75, 3.05) is 0 Å². The molecule has 1 aliphatic carbocycles. The summed E-state index contributed by atoms with van der Waals surface area (Å²) in [5, 5.41) is -0.00165. The highest BCUT2D eigenvalue weighted by Gasteiger charge is 2.38. The molecule has 146 valence electrons. The van der Waals surface area contributed by atoms with E-state index in [1.807, 2.05) is 6.92 Å². The molecule has 1 aliphatic rings. The normalized spacial score (nSPS) is 21.3. The van der Waals surface area contributed by atoms with Crippen LogP contribution in [0, 0.1) is 17.6 Å². The number of allylic oxidation sites excluding steroid dienone is 2. The highest BCUT2D eigenvalue weighted by molar-refractivity contribution is 5.85. The van der Waals surface area contributed by atoms with Gasteiger partial charge >= 0.3 is 6.18 Å². The number of hydrogen-bond donors (Lipinski definition) is 0. The lowest BCUT2D eigenvalue weighted by atomic mass is 9.77. The third-order valence-corrected chi connectivity index (χ3v) is 5.63. The molecule has 0 spiro atoms. The molecule has 0 nitrogen and oxygen atoms in total. The Kier molecular flexibility index (Phi) is 5.87. The van der Waals surface area contributed by atoms with Crippen LogP contribution in [0.4, 0.5) is 22.0 Å². The van der Waals surface area contributed by atoms with Crippen molar-refractivity contribution in [3.63, 3.8) is 0 Å². The van der Waals surface area contributed by atoms with Gasteiger partial charge in [0.25, 0.3) is 0 Å². The van der Waals surface area contributed by atoms with Crippen LogP contribution in [0.5, 0.6) is 0 Å². The fourth-order valence-electron chi connectivity index (χ4n) is 4.15. The van der Waals surface area contributed by atoms with Crippen molar-refractivity contribution < 1.29 is 22.0 Å². The van der Waals surface area contributed by atoms with Gasteiger partial charge in [-0.25, -0.2) is 8.78 Å². The Bertz CT molecular complexity index is 827. The molecule has 0 aromatic heterocycles. The summed E-state index contributed by atoms with van der Waals surface area (Å²) >= 11 is 0. The highest BCUT2D eigenvalue weighted by Crippen LogP contribution is 2.40. The molecule has 27 heavy (non-hydrogen) atoms. The van der Waals surface area contributed by atoms with Crippen LogP contribution in [-0.4, -0.2) is 0 Å². The van der Waals surface area contributed by atoms with E-state index in [0.717, 1.165) is 43.7 Å². The van der Waals surface area contributed by atoms with Gasteiger partial charge in [0.15, 0.2) is 0 Å². The molecule has 0 aliphatic heterocycles. The van der Waals surface area contributed by atoms with Gasteiger partial charge in [-0.05, 0) is 74.3 Å². The maximum absolute atomic E-state index is 14.2. The summed E-state index contributed by atoms with van der Waals surface area (Å²) in [6.07, 6.45) is 5.65. The zero-order chi connectivity index (χ0) is 19.6. The molecule has 5 heteroatoms. The van der Waals surface area contributed by atoms with Crippen LogP contribution in [0.3, 0.4) is 0 Å². The van der Waals surface area contributed by atoms with E-state index < -0.39 is 23.4 Å². The van der Waals surface area contributed by atoms with Crippen LogP contribution in [0.2, 0.25) is 0 Å². The van der Waals surface area contributed by atoms with Gasteiger partial charge in [0.05, 0.1) is 0 Å². The first-order valence-corrected chi connectivity index (χ1v) is 9.41. The van der Waals surface area contributed by atoms with Crippen LogP contribution in [0.1, 0.15) is 62.5 Å². The Hall–Kier alpha value is -1.91. The Morgan fingerprint density at radius 3 is 2.37 bits per heavy atom. The van der Waals surface area contributed by atoms with Crippen molar-refractivity contribution in [3.8, 4) is 0 Å². The molecular weight excluding hydrogens is 359 g/mol. The van der Waals surface area contributed by atoms with Crippen molar-refractivity contribution in [2.45, 2.75) is 57.5 Å². The topological polar surface area (TPSA) is 0 Å². The first-order chi connectivity index (χ1) is 12.8. The van der Waals surface area contributed by atoms with Crippen molar-refractivity contribution in [1.82, 2.24) is 0 Å². The van der Waals surface area contributed by atoms with Crippen LogP contribution in [-0.2, 0) is 6.18 Å². The average Bonchev–Trinajstić information content (AvgIpc) is 2.61. The Morgan fingerprint density at radius 2 is 1.74 bits per heavy atom. The minimum Gasteiger partial charge on any atom is -0.206 e. The summed E-state index contributed by atoms with van der Waals surface area (Å²) in [7, 11) is 0. The summed E-state index contributed by atoms with van der Waals surface area (Å²) in [4.78, 5) is 0. The lowest BCUT2D eigenvalue weighted by Crippen LogP contribution is -2.14. The molecule has 0 saturated heterocycles. The second-order valence-corrected chi connectivity index (χ2v) is 7.39. The van der Waals surface area contributed by atoms with Gasteiger partial charge in [-0.3, -0.25) is 0 Å². The van der Waals surface area contributed by atoms with E-state index in [1.54, 1.807) is 12.1 Å². The molecule has 2 aromatic rings. The van der Waals surface area contributed by atoms with Crippen molar-refractivity contribution >= 4 is 10.8 Å². The molecule has 1 saturated carbocycles. The summed E-state index contributed by atoms with van der Waals surface area (Å²) < 4.78 is 66.7. The first kappa shape index (κ1) is 19.8. The van der Waals surface area contributed by atoms with Crippen LogP contribution in [0.15, 0.2) is 36.4 Å². The Morgan fingerprint density at radius 1 is 1.04 bits per heavy atom. The van der Waals surface area contributed by atoms with Gasteiger partial charge in [-0.2, -0.15) is 13.2 Å². The second-order valence-electron chi connectivity index (χ2n) is 7.39. The average molecular weight is 382 g/mol. The molecule has 0 N–H and O–H groups in total. The third kappa shape index (κ3) is 4.33. The maximum Gasteiger partial charge on any atom is 0.422 e. The van der Waals surface area contributed by atoms with E-state index in [9.17, 15) is 22.0 Å². The van der Waals surface area contributed by atoms with E-state index >= 15 is 0 Å². The molecule has 0 bridgehead atoms. The summed E-state index contributed by atoms with van der Waals surface area (Å²) in [5.41, 5.74) is -0.864. The van der Waals surface area contributed by atoms with Gasteiger partial charge < -0.3 is 0 Å². The maximum atomic E-state index is 14.2. The largest absolute Gasteiger partial charge is 0.422 e. The molecular formula is C22H23F5. The van der Waals surface area contributed by atoms with Gasteiger partial charge in [0.1, 0.15) is 17.2 Å². The van der Waals surface area contributed by atoms with Gasteiger partial charge in [-0.15, -0.1) is 0 Å². The van der Waals surface area contributed by atoms with E-state index in [1.165, 1.54) is 12.5 Å². The number of benzene rings is 2. The fraction of sp³-hybridized carbons (Fsp3) is 0.455. The van der Waals surface area contributed by atoms with Crippen molar-refractivity contribution in [1.29, 1.82) is 0 Å². The van der Waals surface area contributed by atoms with Crippen LogP contribution in [0.25, 0.3) is 10.8 Å². The summed E-state index contributed by atoms with van der Waals surface area (Å²) in [5.74, 6) is -2.10. The number of alkyl halides is 3. The standard InChI is InChI=1S/C22H23F5/c1-2-3-4-5-14-6-8-15(9-7-14)16-10-11-18-17(12-16)13-19(23)20(21(18)24)22(25,26)27/h2-3,10-15H,4-9H2,1H3/b3-2+. The summed E-state index contributed by atoms with van der Waals surface area (Å²) in [6.45, 7) is 2.01. The lowest BCUT2D eigenvalue weighted by molar-refractivity contribution is -0.142. The lowest BCUT2D eigenvalue weighted by Gasteiger charge is -2.29. The Balaban J connectivity index is 1.80. The smallest absolute Gasteiger partial charge is 0.206 e. The molecule has 0 heterocycles. The molecule has 2 aromatic carbocycles. The zero-order valence-electron chi connectivity index (χ0n) is 15.3. The highest BCUT2D eigenvalue weighted by atomic mass is 19.4. The number of hydrogen-bond acceptors (Lipinski definition) is 0. The number of rotatable bonds is 4. The number of fused-ring (bicyclic) bond motifs is 1. The quantitative estimate of drug-likeness (QED) is 0.374.